The van der Waals surface area contributed by atoms with Crippen LogP contribution in [0.2, 0.25) is 0 Å². The summed E-state index contributed by atoms with van der Waals surface area (Å²) >= 11 is 3.27. The van der Waals surface area contributed by atoms with Gasteiger partial charge in [-0.1, -0.05) is 31.2 Å². The van der Waals surface area contributed by atoms with Crippen LogP contribution in [0.25, 0.3) is 0 Å². The molecule has 1 aromatic heterocycles. The number of carbonyl (C=O) groups is 1. The molecule has 0 saturated heterocycles. The molecular formula is C16H17BrN2O. The number of pyridine rings is 1. The fourth-order valence-corrected chi connectivity index (χ4v) is 2.31. The molecule has 4 heteroatoms. The Balaban J connectivity index is 2.06. The molecule has 0 fully saturated rings. The zero-order valence-electron chi connectivity index (χ0n) is 11.6. The summed E-state index contributed by atoms with van der Waals surface area (Å²) < 4.78 is 0.658. The van der Waals surface area contributed by atoms with Crippen LogP contribution in [0.15, 0.2) is 47.2 Å². The van der Waals surface area contributed by atoms with Gasteiger partial charge < -0.3 is 5.32 Å². The van der Waals surface area contributed by atoms with Crippen LogP contribution in [-0.4, -0.2) is 10.9 Å². The van der Waals surface area contributed by atoms with Crippen molar-refractivity contribution in [2.45, 2.75) is 26.3 Å². The lowest BCUT2D eigenvalue weighted by molar-refractivity contribution is 0.0939. The van der Waals surface area contributed by atoms with Crippen molar-refractivity contribution >= 4 is 21.8 Å². The van der Waals surface area contributed by atoms with Gasteiger partial charge in [0.1, 0.15) is 4.60 Å². The van der Waals surface area contributed by atoms with E-state index in [-0.39, 0.29) is 11.9 Å². The van der Waals surface area contributed by atoms with Gasteiger partial charge in [0.15, 0.2) is 0 Å². The summed E-state index contributed by atoms with van der Waals surface area (Å²) in [5.74, 6) is -0.0971. The molecule has 0 aliphatic rings. The molecule has 3 nitrogen and oxygen atoms in total. The highest BCUT2D eigenvalue weighted by atomic mass is 79.9. The third-order valence-corrected chi connectivity index (χ3v) is 3.66. The minimum absolute atomic E-state index is 0.0275. The monoisotopic (exact) mass is 332 g/mol. The van der Waals surface area contributed by atoms with Crippen molar-refractivity contribution in [1.82, 2.24) is 10.3 Å². The van der Waals surface area contributed by atoms with Crippen LogP contribution in [0.4, 0.5) is 0 Å². The Morgan fingerprint density at radius 2 is 2.00 bits per heavy atom. The van der Waals surface area contributed by atoms with E-state index in [0.717, 1.165) is 12.0 Å². The quantitative estimate of drug-likeness (QED) is 0.863. The van der Waals surface area contributed by atoms with Gasteiger partial charge in [0.2, 0.25) is 0 Å². The molecule has 1 unspecified atom stereocenters. The predicted molar refractivity (Wildman–Crippen MR) is 83.6 cm³/mol. The maximum atomic E-state index is 12.1. The first-order valence-electron chi connectivity index (χ1n) is 6.61. The fraction of sp³-hybridized carbons (Fsp3) is 0.250. The topological polar surface area (TPSA) is 42.0 Å². The molecule has 2 rings (SSSR count). The highest BCUT2D eigenvalue weighted by molar-refractivity contribution is 9.10. The van der Waals surface area contributed by atoms with Crippen molar-refractivity contribution < 1.29 is 4.79 Å². The van der Waals surface area contributed by atoms with E-state index < -0.39 is 0 Å². The van der Waals surface area contributed by atoms with Crippen molar-refractivity contribution in [3.05, 3.63) is 63.9 Å². The minimum Gasteiger partial charge on any atom is -0.346 e. The highest BCUT2D eigenvalue weighted by Gasteiger charge is 2.11. The number of halogens is 1. The summed E-state index contributed by atoms with van der Waals surface area (Å²) in [5, 5.41) is 2.99. The minimum atomic E-state index is -0.0971. The van der Waals surface area contributed by atoms with Crippen LogP contribution in [-0.2, 0) is 6.42 Å². The molecule has 0 saturated carbocycles. The molecule has 1 heterocycles. The van der Waals surface area contributed by atoms with Crippen LogP contribution in [0.3, 0.4) is 0 Å². The summed E-state index contributed by atoms with van der Waals surface area (Å²) in [6, 6.07) is 11.7. The molecule has 20 heavy (non-hydrogen) atoms. The van der Waals surface area contributed by atoms with Crippen LogP contribution in [0, 0.1) is 0 Å². The molecule has 1 amide bonds. The van der Waals surface area contributed by atoms with Gasteiger partial charge in [-0.25, -0.2) is 4.98 Å². The van der Waals surface area contributed by atoms with Gasteiger partial charge in [0.25, 0.3) is 5.91 Å². The first-order chi connectivity index (χ1) is 9.60. The van der Waals surface area contributed by atoms with Crippen molar-refractivity contribution in [3.63, 3.8) is 0 Å². The van der Waals surface area contributed by atoms with Crippen molar-refractivity contribution in [3.8, 4) is 0 Å². The largest absolute Gasteiger partial charge is 0.346 e. The summed E-state index contributed by atoms with van der Waals surface area (Å²) in [6.45, 7) is 4.11. The van der Waals surface area contributed by atoms with Crippen LogP contribution in [0.5, 0.6) is 0 Å². The Morgan fingerprint density at radius 1 is 1.30 bits per heavy atom. The van der Waals surface area contributed by atoms with Crippen LogP contribution < -0.4 is 5.32 Å². The second-order valence-electron chi connectivity index (χ2n) is 4.66. The van der Waals surface area contributed by atoms with Gasteiger partial charge in [0.05, 0.1) is 6.04 Å². The second kappa shape index (κ2) is 6.66. The average Bonchev–Trinajstić information content (AvgIpc) is 2.47. The van der Waals surface area contributed by atoms with E-state index in [2.05, 4.69) is 57.4 Å². The number of nitrogens with one attached hydrogen (secondary N) is 1. The first-order valence-corrected chi connectivity index (χ1v) is 7.40. The molecule has 2 aromatic rings. The van der Waals surface area contributed by atoms with Gasteiger partial charge in [-0.3, -0.25) is 4.79 Å². The lowest BCUT2D eigenvalue weighted by Crippen LogP contribution is -2.26. The molecule has 104 valence electrons. The SMILES string of the molecule is CCc1ccc(C(C)NC(=O)c2ccnc(Br)c2)cc1. The molecule has 0 aliphatic carbocycles. The molecule has 1 N–H and O–H groups in total. The molecular weight excluding hydrogens is 316 g/mol. The average molecular weight is 333 g/mol. The van der Waals surface area contributed by atoms with Crippen molar-refractivity contribution in [2.24, 2.45) is 0 Å². The zero-order valence-corrected chi connectivity index (χ0v) is 13.1. The Kier molecular flexibility index (Phi) is 4.90. The van der Waals surface area contributed by atoms with E-state index in [1.807, 2.05) is 6.92 Å². The smallest absolute Gasteiger partial charge is 0.251 e. The number of aromatic nitrogens is 1. The van der Waals surface area contributed by atoms with E-state index >= 15 is 0 Å². The fourth-order valence-electron chi connectivity index (χ4n) is 1.95. The van der Waals surface area contributed by atoms with Gasteiger partial charge in [-0.15, -0.1) is 0 Å². The number of rotatable bonds is 4. The lowest BCUT2D eigenvalue weighted by atomic mass is 10.0. The molecule has 0 spiro atoms. The Hall–Kier alpha value is -1.68. The Labute approximate surface area is 127 Å². The van der Waals surface area contributed by atoms with Gasteiger partial charge in [0, 0.05) is 11.8 Å². The maximum absolute atomic E-state index is 12.1. The van der Waals surface area contributed by atoms with Crippen LogP contribution >= 0.6 is 15.9 Å². The Morgan fingerprint density at radius 3 is 2.60 bits per heavy atom. The molecule has 0 bridgehead atoms. The Bertz CT molecular complexity index is 596. The number of nitrogens with zero attached hydrogens (tertiary/aromatic N) is 1. The summed E-state index contributed by atoms with van der Waals surface area (Å²) in [5.41, 5.74) is 3.00. The summed E-state index contributed by atoms with van der Waals surface area (Å²) in [7, 11) is 0. The first kappa shape index (κ1) is 14.7. The predicted octanol–water partition coefficient (Wildman–Crippen LogP) is 3.90. The molecule has 1 aromatic carbocycles. The van der Waals surface area contributed by atoms with Gasteiger partial charge in [-0.2, -0.15) is 0 Å². The number of hydrogen-bond donors (Lipinski definition) is 1. The lowest BCUT2D eigenvalue weighted by Gasteiger charge is -2.15. The van der Waals surface area contributed by atoms with Crippen LogP contribution in [0.1, 0.15) is 41.4 Å². The number of benzene rings is 1. The summed E-state index contributed by atoms with van der Waals surface area (Å²) in [6.07, 6.45) is 2.63. The van der Waals surface area contributed by atoms with Gasteiger partial charge >= 0.3 is 0 Å². The van der Waals surface area contributed by atoms with E-state index in [0.29, 0.717) is 10.2 Å². The second-order valence-corrected chi connectivity index (χ2v) is 5.47. The van der Waals surface area contributed by atoms with E-state index in [9.17, 15) is 4.79 Å². The molecule has 0 aliphatic heterocycles. The van der Waals surface area contributed by atoms with Crippen molar-refractivity contribution in [1.29, 1.82) is 0 Å². The zero-order chi connectivity index (χ0) is 14.5. The summed E-state index contributed by atoms with van der Waals surface area (Å²) in [4.78, 5) is 16.2. The molecule has 0 radical (unpaired) electrons. The van der Waals surface area contributed by atoms with Crippen molar-refractivity contribution in [2.75, 3.05) is 0 Å². The van der Waals surface area contributed by atoms with Gasteiger partial charge in [-0.05, 0) is 52.5 Å². The maximum Gasteiger partial charge on any atom is 0.251 e. The van der Waals surface area contributed by atoms with E-state index in [1.54, 1.807) is 18.3 Å². The normalized spacial score (nSPS) is 11.9. The highest BCUT2D eigenvalue weighted by Crippen LogP contribution is 2.15. The van der Waals surface area contributed by atoms with E-state index in [4.69, 9.17) is 0 Å². The third kappa shape index (κ3) is 3.67. The third-order valence-electron chi connectivity index (χ3n) is 3.22. The number of amides is 1. The number of carbonyl (C=O) groups excluding carboxylic acids is 1. The standard InChI is InChI=1S/C16H17BrN2O/c1-3-12-4-6-13(7-5-12)11(2)19-16(20)14-8-9-18-15(17)10-14/h4-11H,3H2,1-2H3,(H,19,20). The molecule has 1 atom stereocenters. The number of aryl methyl sites for hydroxylation is 1. The number of hydrogen-bond acceptors (Lipinski definition) is 2. The van der Waals surface area contributed by atoms with E-state index in [1.165, 1.54) is 5.56 Å².